The van der Waals surface area contributed by atoms with Crippen molar-refractivity contribution in [3.63, 3.8) is 0 Å². The predicted octanol–water partition coefficient (Wildman–Crippen LogP) is 2.56. The van der Waals surface area contributed by atoms with Crippen molar-refractivity contribution in [2.24, 2.45) is 0 Å². The predicted molar refractivity (Wildman–Crippen MR) is 112 cm³/mol. The van der Waals surface area contributed by atoms with Gasteiger partial charge in [0.25, 0.3) is 11.4 Å². The van der Waals surface area contributed by atoms with Crippen LogP contribution in [0.1, 0.15) is 0 Å². The van der Waals surface area contributed by atoms with Crippen molar-refractivity contribution in [2.75, 3.05) is 31.1 Å². The van der Waals surface area contributed by atoms with Crippen LogP contribution in [0.25, 0.3) is 10.8 Å². The van der Waals surface area contributed by atoms with Gasteiger partial charge in [-0.3, -0.25) is 25.2 Å². The fraction of sp³-hybridized carbons (Fsp3) is 0.211. The number of non-ortho nitro benzene ring substituents is 1. The molecule has 0 amide bonds. The molecule has 1 saturated heterocycles. The van der Waals surface area contributed by atoms with Gasteiger partial charge in [-0.15, -0.1) is 0 Å². The number of fused-ring (bicyclic) bond motifs is 1. The number of sulfonamides is 1. The summed E-state index contributed by atoms with van der Waals surface area (Å²) in [5, 5.41) is 23.6. The van der Waals surface area contributed by atoms with E-state index in [1.807, 2.05) is 4.90 Å². The summed E-state index contributed by atoms with van der Waals surface area (Å²) in [6, 6.07) is 10.0. The van der Waals surface area contributed by atoms with Crippen LogP contribution < -0.4 is 4.90 Å². The van der Waals surface area contributed by atoms with Gasteiger partial charge in [-0.1, -0.05) is 12.1 Å². The Kier molecular flexibility index (Phi) is 5.25. The molecule has 0 saturated carbocycles. The van der Waals surface area contributed by atoms with Gasteiger partial charge in [0.15, 0.2) is 4.90 Å². The smallest absolute Gasteiger partial charge is 0.289 e. The van der Waals surface area contributed by atoms with Gasteiger partial charge in [0.05, 0.1) is 15.2 Å². The molecule has 0 atom stereocenters. The molecule has 31 heavy (non-hydrogen) atoms. The molecule has 2 heterocycles. The zero-order valence-electron chi connectivity index (χ0n) is 16.1. The third-order valence-corrected chi connectivity index (χ3v) is 7.17. The summed E-state index contributed by atoms with van der Waals surface area (Å²) < 4.78 is 27.2. The summed E-state index contributed by atoms with van der Waals surface area (Å²) in [5.41, 5.74) is 0.231. The van der Waals surface area contributed by atoms with Crippen molar-refractivity contribution >= 4 is 37.9 Å². The lowest BCUT2D eigenvalue weighted by atomic mass is 10.1. The molecule has 1 aliphatic heterocycles. The largest absolute Gasteiger partial charge is 0.368 e. The van der Waals surface area contributed by atoms with E-state index in [4.69, 9.17) is 0 Å². The van der Waals surface area contributed by atoms with Gasteiger partial charge >= 0.3 is 0 Å². The maximum atomic E-state index is 13.0. The summed E-state index contributed by atoms with van der Waals surface area (Å²) in [4.78, 5) is 27.0. The lowest BCUT2D eigenvalue weighted by molar-refractivity contribution is -0.387. The minimum absolute atomic E-state index is 0.0514. The van der Waals surface area contributed by atoms with E-state index < -0.39 is 25.6 Å². The SMILES string of the molecule is O=[N+]([O-])c1ccccc1S(=O)(=O)N1CCN(c2ccc([N+](=O)[O-])c3cnccc23)CC1. The van der Waals surface area contributed by atoms with E-state index in [2.05, 4.69) is 4.98 Å². The second kappa shape index (κ2) is 7.89. The van der Waals surface area contributed by atoms with E-state index in [9.17, 15) is 28.6 Å². The Morgan fingerprint density at radius 1 is 0.839 bits per heavy atom. The highest BCUT2D eigenvalue weighted by Gasteiger charge is 2.34. The molecule has 1 aromatic heterocycles. The quantitative estimate of drug-likeness (QED) is 0.433. The molecule has 0 aliphatic carbocycles. The first-order valence-electron chi connectivity index (χ1n) is 9.30. The number of hydrogen-bond acceptors (Lipinski definition) is 8. The summed E-state index contributed by atoms with van der Waals surface area (Å²) >= 11 is 0. The van der Waals surface area contributed by atoms with Crippen molar-refractivity contribution in [1.82, 2.24) is 9.29 Å². The molecule has 0 bridgehead atoms. The number of piperazine rings is 1. The number of nitro groups is 2. The summed E-state index contributed by atoms with van der Waals surface area (Å²) in [6.45, 7) is 0.903. The first-order valence-corrected chi connectivity index (χ1v) is 10.7. The van der Waals surface area contributed by atoms with Crippen LogP contribution in [0.15, 0.2) is 59.8 Å². The van der Waals surface area contributed by atoms with Crippen LogP contribution in [0.3, 0.4) is 0 Å². The zero-order chi connectivity index (χ0) is 22.2. The Morgan fingerprint density at radius 2 is 1.52 bits per heavy atom. The first-order chi connectivity index (χ1) is 14.8. The highest BCUT2D eigenvalue weighted by atomic mass is 32.2. The Hall–Kier alpha value is -3.64. The molecular weight excluding hydrogens is 426 g/mol. The average molecular weight is 443 g/mol. The number of benzene rings is 2. The maximum absolute atomic E-state index is 13.0. The third kappa shape index (κ3) is 3.66. The minimum atomic E-state index is -4.04. The number of para-hydroxylation sites is 1. The van der Waals surface area contributed by atoms with E-state index >= 15 is 0 Å². The lowest BCUT2D eigenvalue weighted by Gasteiger charge is -2.35. The van der Waals surface area contributed by atoms with E-state index in [1.54, 1.807) is 18.3 Å². The van der Waals surface area contributed by atoms with E-state index in [0.717, 1.165) is 5.69 Å². The molecule has 4 rings (SSSR count). The summed E-state index contributed by atoms with van der Waals surface area (Å²) in [7, 11) is -4.04. The molecule has 0 unspecified atom stereocenters. The molecule has 12 heteroatoms. The van der Waals surface area contributed by atoms with Crippen molar-refractivity contribution in [3.8, 4) is 0 Å². The summed E-state index contributed by atoms with van der Waals surface area (Å²) in [6.07, 6.45) is 2.98. The molecule has 11 nitrogen and oxygen atoms in total. The standard InChI is InChI=1S/C19H17N5O6S/c25-23(26)17-6-5-16(14-7-8-20-13-15(14)17)21-9-11-22(12-10-21)31(29,30)19-4-2-1-3-18(19)24(27)28/h1-8,13H,9-12H2. The van der Waals surface area contributed by atoms with Gasteiger partial charge in [-0.25, -0.2) is 8.42 Å². The van der Waals surface area contributed by atoms with Crippen LogP contribution in [-0.2, 0) is 10.0 Å². The van der Waals surface area contributed by atoms with Gasteiger partial charge < -0.3 is 4.90 Å². The third-order valence-electron chi connectivity index (χ3n) is 5.23. The number of pyridine rings is 1. The van der Waals surface area contributed by atoms with E-state index in [-0.39, 0.29) is 23.7 Å². The van der Waals surface area contributed by atoms with Crippen LogP contribution in [0.5, 0.6) is 0 Å². The highest BCUT2D eigenvalue weighted by Crippen LogP contribution is 2.34. The normalized spacial score (nSPS) is 15.2. The van der Waals surface area contributed by atoms with Gasteiger partial charge in [0.2, 0.25) is 10.0 Å². The fourth-order valence-electron chi connectivity index (χ4n) is 3.73. The molecule has 3 aromatic rings. The number of nitrogens with zero attached hydrogens (tertiary/aromatic N) is 5. The topological polar surface area (TPSA) is 140 Å². The molecule has 2 aromatic carbocycles. The molecular formula is C19H17N5O6S. The van der Waals surface area contributed by atoms with Crippen LogP contribution in [0.2, 0.25) is 0 Å². The molecule has 0 N–H and O–H groups in total. The van der Waals surface area contributed by atoms with E-state index in [1.165, 1.54) is 40.8 Å². The second-order valence-electron chi connectivity index (χ2n) is 6.90. The molecule has 0 spiro atoms. The number of aromatic nitrogens is 1. The molecule has 0 radical (unpaired) electrons. The molecule has 1 aliphatic rings. The Bertz CT molecular complexity index is 1290. The minimum Gasteiger partial charge on any atom is -0.368 e. The number of rotatable bonds is 5. The Labute approximate surface area is 176 Å². The van der Waals surface area contributed by atoms with Gasteiger partial charge in [0.1, 0.15) is 0 Å². The Balaban J connectivity index is 1.61. The van der Waals surface area contributed by atoms with Gasteiger partial charge in [0, 0.05) is 61.8 Å². The summed E-state index contributed by atoms with van der Waals surface area (Å²) in [5.74, 6) is 0. The monoisotopic (exact) mass is 443 g/mol. The highest BCUT2D eigenvalue weighted by molar-refractivity contribution is 7.89. The van der Waals surface area contributed by atoms with Crippen molar-refractivity contribution in [2.45, 2.75) is 4.90 Å². The van der Waals surface area contributed by atoms with Crippen LogP contribution in [0, 0.1) is 20.2 Å². The average Bonchev–Trinajstić information content (AvgIpc) is 2.78. The first kappa shape index (κ1) is 20.6. The van der Waals surface area contributed by atoms with Crippen molar-refractivity contribution in [3.05, 3.63) is 75.1 Å². The van der Waals surface area contributed by atoms with Gasteiger partial charge in [-0.05, 0) is 18.2 Å². The van der Waals surface area contributed by atoms with Crippen molar-refractivity contribution < 1.29 is 18.3 Å². The van der Waals surface area contributed by atoms with Crippen LogP contribution in [0.4, 0.5) is 17.1 Å². The fourth-order valence-corrected chi connectivity index (χ4v) is 5.31. The van der Waals surface area contributed by atoms with Crippen molar-refractivity contribution in [1.29, 1.82) is 0 Å². The van der Waals surface area contributed by atoms with Crippen LogP contribution >= 0.6 is 0 Å². The van der Waals surface area contributed by atoms with Crippen LogP contribution in [-0.4, -0.2) is 53.7 Å². The van der Waals surface area contributed by atoms with E-state index in [0.29, 0.717) is 23.9 Å². The Morgan fingerprint density at radius 3 is 2.19 bits per heavy atom. The number of hydrogen-bond donors (Lipinski definition) is 0. The zero-order valence-corrected chi connectivity index (χ0v) is 16.9. The molecule has 1 fully saturated rings. The maximum Gasteiger partial charge on any atom is 0.289 e. The number of nitro benzene ring substituents is 2. The second-order valence-corrected chi connectivity index (χ2v) is 8.80. The lowest BCUT2D eigenvalue weighted by Crippen LogP contribution is -2.48. The number of anilines is 1. The van der Waals surface area contributed by atoms with Gasteiger partial charge in [-0.2, -0.15) is 4.31 Å². The molecule has 160 valence electrons.